The zero-order valence-electron chi connectivity index (χ0n) is 6.02. The maximum absolute atomic E-state index is 10.8. The lowest BCUT2D eigenvalue weighted by Gasteiger charge is -2.20. The monoisotopic (exact) mass is 160 g/mol. The van der Waals surface area contributed by atoms with E-state index >= 15 is 0 Å². The molecule has 3 N–H and O–H groups in total. The minimum absolute atomic E-state index is 0.113. The van der Waals surface area contributed by atoms with Crippen LogP contribution >= 0.6 is 11.8 Å². The van der Waals surface area contributed by atoms with Gasteiger partial charge < -0.3 is 11.1 Å². The Morgan fingerprint density at radius 1 is 1.80 bits per heavy atom. The standard InChI is InChI=1S/C6H12N2OS/c1-6(7)4-8-5(9)2-3-10-6/h2-4,7H2,1H3,(H,8,9). The molecule has 3 nitrogen and oxygen atoms in total. The first kappa shape index (κ1) is 7.88. The van der Waals surface area contributed by atoms with Crippen molar-refractivity contribution in [1.29, 1.82) is 0 Å². The fourth-order valence-corrected chi connectivity index (χ4v) is 1.72. The van der Waals surface area contributed by atoms with Crippen LogP contribution in [-0.2, 0) is 4.79 Å². The van der Waals surface area contributed by atoms with Gasteiger partial charge in [0.2, 0.25) is 5.91 Å². The Bertz CT molecular complexity index is 147. The average Bonchev–Trinajstić information content (AvgIpc) is 1.94. The predicted molar refractivity (Wildman–Crippen MR) is 42.7 cm³/mol. The van der Waals surface area contributed by atoms with Crippen molar-refractivity contribution in [1.82, 2.24) is 5.32 Å². The normalized spacial score (nSPS) is 34.8. The molecular formula is C6H12N2OS. The summed E-state index contributed by atoms with van der Waals surface area (Å²) in [4.78, 5) is 10.5. The van der Waals surface area contributed by atoms with Gasteiger partial charge in [-0.15, -0.1) is 11.8 Å². The number of carbonyl (C=O) groups excluding carboxylic acids is 1. The Morgan fingerprint density at radius 3 is 3.20 bits per heavy atom. The van der Waals surface area contributed by atoms with Gasteiger partial charge in [0, 0.05) is 18.7 Å². The maximum Gasteiger partial charge on any atom is 0.220 e. The lowest BCUT2D eigenvalue weighted by atomic mass is 10.3. The van der Waals surface area contributed by atoms with Crippen LogP contribution in [0.3, 0.4) is 0 Å². The summed E-state index contributed by atoms with van der Waals surface area (Å²) in [6.07, 6.45) is 0.595. The molecule has 1 fully saturated rings. The second kappa shape index (κ2) is 2.80. The molecule has 0 bridgehead atoms. The maximum atomic E-state index is 10.8. The van der Waals surface area contributed by atoms with Crippen LogP contribution in [-0.4, -0.2) is 23.1 Å². The predicted octanol–water partition coefficient (Wildman–Crippen LogP) is -0.0856. The highest BCUT2D eigenvalue weighted by molar-refractivity contribution is 8.00. The molecule has 1 saturated heterocycles. The average molecular weight is 160 g/mol. The Balaban J connectivity index is 2.48. The summed E-state index contributed by atoms with van der Waals surface area (Å²) in [5, 5.41) is 2.75. The lowest BCUT2D eigenvalue weighted by Crippen LogP contribution is -2.42. The van der Waals surface area contributed by atoms with E-state index in [1.807, 2.05) is 6.92 Å². The van der Waals surface area contributed by atoms with Crippen molar-refractivity contribution in [3.63, 3.8) is 0 Å². The van der Waals surface area contributed by atoms with Gasteiger partial charge in [-0.05, 0) is 6.92 Å². The molecule has 1 rings (SSSR count). The first-order chi connectivity index (χ1) is 4.60. The van der Waals surface area contributed by atoms with Crippen LogP contribution in [0.25, 0.3) is 0 Å². The van der Waals surface area contributed by atoms with Crippen LogP contribution in [0.1, 0.15) is 13.3 Å². The Morgan fingerprint density at radius 2 is 2.50 bits per heavy atom. The van der Waals surface area contributed by atoms with Crippen LogP contribution in [0.15, 0.2) is 0 Å². The number of thioether (sulfide) groups is 1. The molecule has 1 heterocycles. The van der Waals surface area contributed by atoms with Gasteiger partial charge in [-0.25, -0.2) is 0 Å². The van der Waals surface area contributed by atoms with Crippen LogP contribution in [0, 0.1) is 0 Å². The van der Waals surface area contributed by atoms with Crippen LogP contribution in [0.5, 0.6) is 0 Å². The van der Waals surface area contributed by atoms with Gasteiger partial charge in [-0.2, -0.15) is 0 Å². The zero-order valence-corrected chi connectivity index (χ0v) is 6.83. The van der Waals surface area contributed by atoms with E-state index < -0.39 is 0 Å². The molecule has 58 valence electrons. The van der Waals surface area contributed by atoms with E-state index in [1.54, 1.807) is 11.8 Å². The summed E-state index contributed by atoms with van der Waals surface area (Å²) in [6.45, 7) is 2.51. The van der Waals surface area contributed by atoms with Crippen molar-refractivity contribution in [3.8, 4) is 0 Å². The second-order valence-electron chi connectivity index (χ2n) is 2.69. The van der Waals surface area contributed by atoms with E-state index in [4.69, 9.17) is 5.73 Å². The van der Waals surface area contributed by atoms with Crippen molar-refractivity contribution in [2.24, 2.45) is 5.73 Å². The first-order valence-corrected chi connectivity index (χ1v) is 4.28. The summed E-state index contributed by atoms with van der Waals surface area (Å²) < 4.78 is 0. The molecule has 4 heteroatoms. The largest absolute Gasteiger partial charge is 0.353 e. The summed E-state index contributed by atoms with van der Waals surface area (Å²) in [5.74, 6) is 0.945. The van der Waals surface area contributed by atoms with E-state index in [0.29, 0.717) is 13.0 Å². The van der Waals surface area contributed by atoms with Crippen molar-refractivity contribution < 1.29 is 4.79 Å². The summed E-state index contributed by atoms with van der Waals surface area (Å²) in [6, 6.07) is 0. The smallest absolute Gasteiger partial charge is 0.220 e. The molecule has 10 heavy (non-hydrogen) atoms. The van der Waals surface area contributed by atoms with Crippen LogP contribution in [0.4, 0.5) is 0 Å². The number of hydrogen-bond donors (Lipinski definition) is 2. The van der Waals surface area contributed by atoms with E-state index in [-0.39, 0.29) is 10.8 Å². The summed E-state index contributed by atoms with van der Waals surface area (Å²) >= 11 is 1.64. The molecule has 0 aromatic carbocycles. The highest BCUT2D eigenvalue weighted by Crippen LogP contribution is 2.20. The molecule has 0 aromatic heterocycles. The van der Waals surface area contributed by atoms with Gasteiger partial charge in [0.05, 0.1) is 4.87 Å². The zero-order chi connectivity index (χ0) is 7.61. The van der Waals surface area contributed by atoms with Gasteiger partial charge in [0.15, 0.2) is 0 Å². The Kier molecular flexibility index (Phi) is 2.21. The fraction of sp³-hybridized carbons (Fsp3) is 0.833. The molecular weight excluding hydrogens is 148 g/mol. The quantitative estimate of drug-likeness (QED) is 0.521. The van der Waals surface area contributed by atoms with Crippen molar-refractivity contribution in [2.45, 2.75) is 18.2 Å². The van der Waals surface area contributed by atoms with Gasteiger partial charge in [-0.3, -0.25) is 4.79 Å². The molecule has 1 aliphatic rings. The number of carbonyl (C=O) groups is 1. The number of amides is 1. The third-order valence-corrected chi connectivity index (χ3v) is 2.61. The topological polar surface area (TPSA) is 55.1 Å². The molecule has 0 radical (unpaired) electrons. The Labute approximate surface area is 64.7 Å². The summed E-state index contributed by atoms with van der Waals surface area (Å²) in [7, 11) is 0. The third-order valence-electron chi connectivity index (χ3n) is 1.40. The van der Waals surface area contributed by atoms with E-state index in [2.05, 4.69) is 5.32 Å². The SMILES string of the molecule is CC1(N)CNC(=O)CCS1. The molecule has 0 aromatic rings. The van der Waals surface area contributed by atoms with Gasteiger partial charge >= 0.3 is 0 Å². The number of nitrogens with one attached hydrogen (secondary N) is 1. The Hall–Kier alpha value is -0.220. The molecule has 1 atom stereocenters. The fourth-order valence-electron chi connectivity index (χ4n) is 0.790. The summed E-state index contributed by atoms with van der Waals surface area (Å²) in [5.41, 5.74) is 5.79. The molecule has 1 aliphatic heterocycles. The van der Waals surface area contributed by atoms with Gasteiger partial charge in [0.25, 0.3) is 0 Å². The minimum Gasteiger partial charge on any atom is -0.353 e. The molecule has 0 spiro atoms. The van der Waals surface area contributed by atoms with Crippen LogP contribution < -0.4 is 11.1 Å². The number of nitrogens with two attached hydrogens (primary N) is 1. The van der Waals surface area contributed by atoms with Gasteiger partial charge in [0.1, 0.15) is 0 Å². The van der Waals surface area contributed by atoms with Crippen molar-refractivity contribution in [3.05, 3.63) is 0 Å². The lowest BCUT2D eigenvalue weighted by molar-refractivity contribution is -0.120. The third kappa shape index (κ3) is 2.19. The van der Waals surface area contributed by atoms with Crippen LogP contribution in [0.2, 0.25) is 0 Å². The molecule has 1 amide bonds. The van der Waals surface area contributed by atoms with E-state index in [9.17, 15) is 4.79 Å². The highest BCUT2D eigenvalue weighted by atomic mass is 32.2. The van der Waals surface area contributed by atoms with E-state index in [0.717, 1.165) is 5.75 Å². The van der Waals surface area contributed by atoms with E-state index in [1.165, 1.54) is 0 Å². The number of hydrogen-bond acceptors (Lipinski definition) is 3. The highest BCUT2D eigenvalue weighted by Gasteiger charge is 2.22. The molecule has 1 unspecified atom stereocenters. The van der Waals surface area contributed by atoms with Crippen molar-refractivity contribution >= 4 is 17.7 Å². The second-order valence-corrected chi connectivity index (χ2v) is 4.32. The number of rotatable bonds is 0. The minimum atomic E-state index is -0.272. The molecule has 0 saturated carbocycles. The first-order valence-electron chi connectivity index (χ1n) is 3.30. The van der Waals surface area contributed by atoms with Crippen molar-refractivity contribution in [2.75, 3.05) is 12.3 Å². The molecule has 0 aliphatic carbocycles. The van der Waals surface area contributed by atoms with Gasteiger partial charge in [-0.1, -0.05) is 0 Å².